The molecule has 0 fully saturated rings. The van der Waals surface area contributed by atoms with E-state index in [9.17, 15) is 15.0 Å². The lowest BCUT2D eigenvalue weighted by molar-refractivity contribution is -0.123. The number of aliphatic hydroxyl groups is 2. The Morgan fingerprint density at radius 2 is 1.00 bits per heavy atom. The van der Waals surface area contributed by atoms with Crippen molar-refractivity contribution in [2.45, 2.75) is 199 Å². The van der Waals surface area contributed by atoms with Crippen molar-refractivity contribution in [3.63, 3.8) is 0 Å². The van der Waals surface area contributed by atoms with E-state index in [0.29, 0.717) is 12.8 Å². The molecule has 0 aliphatic carbocycles. The van der Waals surface area contributed by atoms with Crippen molar-refractivity contribution in [1.29, 1.82) is 0 Å². The zero-order valence-corrected chi connectivity index (χ0v) is 27.6. The quantitative estimate of drug-likeness (QED) is 0.0550. The molecule has 4 heteroatoms. The molecule has 242 valence electrons. The lowest BCUT2D eigenvalue weighted by Crippen LogP contribution is -2.45. The fourth-order valence-electron chi connectivity index (χ4n) is 5.39. The van der Waals surface area contributed by atoms with Gasteiger partial charge < -0.3 is 15.5 Å². The van der Waals surface area contributed by atoms with Gasteiger partial charge in [-0.2, -0.15) is 0 Å². The predicted molar refractivity (Wildman–Crippen MR) is 179 cm³/mol. The van der Waals surface area contributed by atoms with Crippen molar-refractivity contribution in [3.05, 3.63) is 24.3 Å². The predicted octanol–water partition coefficient (Wildman–Crippen LogP) is 10.5. The number of rotatable bonds is 32. The Morgan fingerprint density at radius 3 is 1.51 bits per heavy atom. The molecule has 0 rings (SSSR count). The van der Waals surface area contributed by atoms with Crippen LogP contribution in [0.15, 0.2) is 24.3 Å². The molecule has 0 saturated carbocycles. The first-order chi connectivity index (χ1) is 20.2. The molecular formula is C37H71NO3. The van der Waals surface area contributed by atoms with Crippen LogP contribution in [0.1, 0.15) is 187 Å². The number of aliphatic hydroxyl groups excluding tert-OH is 2. The number of nitrogens with one attached hydrogen (secondary N) is 1. The summed E-state index contributed by atoms with van der Waals surface area (Å²) >= 11 is 0. The highest BCUT2D eigenvalue weighted by Gasteiger charge is 2.19. The number of carbonyl (C=O) groups excluding carboxylic acids is 1. The van der Waals surface area contributed by atoms with E-state index >= 15 is 0 Å². The Kier molecular flexibility index (Phi) is 32.5. The number of amides is 1. The molecule has 41 heavy (non-hydrogen) atoms. The molecule has 0 spiro atoms. The van der Waals surface area contributed by atoms with Gasteiger partial charge in [-0.05, 0) is 44.9 Å². The Hall–Kier alpha value is -1.13. The molecule has 0 radical (unpaired) electrons. The summed E-state index contributed by atoms with van der Waals surface area (Å²) in [7, 11) is 0. The number of carbonyl (C=O) groups is 1. The summed E-state index contributed by atoms with van der Waals surface area (Å²) in [5, 5.41) is 23.0. The van der Waals surface area contributed by atoms with E-state index in [2.05, 4.69) is 43.5 Å². The zero-order chi connectivity index (χ0) is 30.1. The largest absolute Gasteiger partial charge is 0.394 e. The second-order valence-corrected chi connectivity index (χ2v) is 12.3. The van der Waals surface area contributed by atoms with Crippen molar-refractivity contribution < 1.29 is 15.0 Å². The lowest BCUT2D eigenvalue weighted by atomic mass is 10.0. The first-order valence-corrected chi connectivity index (χ1v) is 18.0. The Morgan fingerprint density at radius 1 is 0.585 bits per heavy atom. The number of hydrogen-bond acceptors (Lipinski definition) is 3. The van der Waals surface area contributed by atoms with Crippen molar-refractivity contribution in [1.82, 2.24) is 5.32 Å². The summed E-state index contributed by atoms with van der Waals surface area (Å²) in [6, 6.07) is -0.539. The molecule has 0 aliphatic heterocycles. The van der Waals surface area contributed by atoms with Crippen LogP contribution >= 0.6 is 0 Å². The summed E-state index contributed by atoms with van der Waals surface area (Å²) in [6.07, 6.45) is 40.8. The fraction of sp³-hybridized carbons (Fsp3) is 0.865. The van der Waals surface area contributed by atoms with Gasteiger partial charge in [0.05, 0.1) is 18.8 Å². The smallest absolute Gasteiger partial charge is 0.220 e. The highest BCUT2D eigenvalue weighted by atomic mass is 16.3. The van der Waals surface area contributed by atoms with Gasteiger partial charge in [0.2, 0.25) is 5.91 Å². The van der Waals surface area contributed by atoms with E-state index in [0.717, 1.165) is 44.9 Å². The highest BCUT2D eigenvalue weighted by molar-refractivity contribution is 5.76. The standard InChI is InChI=1S/C37H71NO3/c1-3-5-7-9-11-13-15-17-19-21-23-25-27-29-31-33-37(41)38-35(34-39)36(40)32-30-28-26-24-22-20-18-16-14-12-10-8-6-4-2/h11,13,17,19,35-36,39-40H,3-10,12,14-16,18,20-34H2,1-2H3,(H,38,41)/b13-11+,19-17+/t35-,36+/m0/s1. The second kappa shape index (κ2) is 33.4. The monoisotopic (exact) mass is 578 g/mol. The maximum atomic E-state index is 12.3. The van der Waals surface area contributed by atoms with Crippen molar-refractivity contribution in [2.75, 3.05) is 6.61 Å². The number of allylic oxidation sites excluding steroid dienone is 4. The van der Waals surface area contributed by atoms with Crippen LogP contribution in [0.5, 0.6) is 0 Å². The molecule has 0 aromatic heterocycles. The first-order valence-electron chi connectivity index (χ1n) is 18.0. The summed E-state index contributed by atoms with van der Waals surface area (Å²) in [5.41, 5.74) is 0. The van der Waals surface area contributed by atoms with E-state index in [1.54, 1.807) is 0 Å². The highest BCUT2D eigenvalue weighted by Crippen LogP contribution is 2.15. The van der Waals surface area contributed by atoms with Crippen LogP contribution in [0, 0.1) is 0 Å². The molecule has 0 aromatic rings. The summed E-state index contributed by atoms with van der Waals surface area (Å²) < 4.78 is 0. The molecular weight excluding hydrogens is 506 g/mol. The molecule has 0 heterocycles. The zero-order valence-electron chi connectivity index (χ0n) is 27.6. The van der Waals surface area contributed by atoms with Crippen molar-refractivity contribution in [2.24, 2.45) is 0 Å². The summed E-state index contributed by atoms with van der Waals surface area (Å²) in [5.74, 6) is -0.0465. The van der Waals surface area contributed by atoms with Crippen LogP contribution in [0.3, 0.4) is 0 Å². The third kappa shape index (κ3) is 30.1. The van der Waals surface area contributed by atoms with Gasteiger partial charge in [0.15, 0.2) is 0 Å². The van der Waals surface area contributed by atoms with E-state index in [1.165, 1.54) is 116 Å². The van der Waals surface area contributed by atoms with E-state index < -0.39 is 12.1 Å². The Bertz CT molecular complexity index is 589. The topological polar surface area (TPSA) is 69.6 Å². The van der Waals surface area contributed by atoms with Crippen LogP contribution in [-0.4, -0.2) is 34.9 Å². The molecule has 0 aromatic carbocycles. The van der Waals surface area contributed by atoms with Crippen molar-refractivity contribution >= 4 is 5.91 Å². The van der Waals surface area contributed by atoms with Gasteiger partial charge in [0.1, 0.15) is 0 Å². The molecule has 4 nitrogen and oxygen atoms in total. The van der Waals surface area contributed by atoms with Crippen LogP contribution in [0.25, 0.3) is 0 Å². The van der Waals surface area contributed by atoms with Gasteiger partial charge in [-0.15, -0.1) is 0 Å². The van der Waals surface area contributed by atoms with Gasteiger partial charge >= 0.3 is 0 Å². The minimum atomic E-state index is -0.661. The third-order valence-corrected chi connectivity index (χ3v) is 8.22. The molecule has 0 saturated heterocycles. The lowest BCUT2D eigenvalue weighted by Gasteiger charge is -2.22. The Labute approximate surface area is 256 Å². The molecule has 1 amide bonds. The minimum absolute atomic E-state index is 0.0465. The molecule has 0 aliphatic rings. The number of unbranched alkanes of at least 4 members (excludes halogenated alkanes) is 21. The van der Waals surface area contributed by atoms with Gasteiger partial charge in [-0.1, -0.05) is 160 Å². The average Bonchev–Trinajstić information content (AvgIpc) is 2.97. The molecule has 3 N–H and O–H groups in total. The molecule has 2 atom stereocenters. The SMILES string of the molecule is CCCCC/C=C/C/C=C/CCCCCCCC(=O)N[C@@H](CO)[C@H](O)CCCCCCCCCCCCCCCC. The van der Waals surface area contributed by atoms with E-state index in [4.69, 9.17) is 0 Å². The van der Waals surface area contributed by atoms with E-state index in [1.807, 2.05) is 0 Å². The van der Waals surface area contributed by atoms with Crippen LogP contribution in [0.4, 0.5) is 0 Å². The number of hydrogen-bond donors (Lipinski definition) is 3. The minimum Gasteiger partial charge on any atom is -0.394 e. The normalized spacial score (nSPS) is 13.4. The third-order valence-electron chi connectivity index (χ3n) is 8.22. The van der Waals surface area contributed by atoms with Crippen LogP contribution in [-0.2, 0) is 4.79 Å². The van der Waals surface area contributed by atoms with Gasteiger partial charge in [0, 0.05) is 6.42 Å². The molecule has 0 bridgehead atoms. The maximum Gasteiger partial charge on any atom is 0.220 e. The van der Waals surface area contributed by atoms with Crippen LogP contribution in [0.2, 0.25) is 0 Å². The van der Waals surface area contributed by atoms with Crippen LogP contribution < -0.4 is 5.32 Å². The maximum absolute atomic E-state index is 12.3. The first kappa shape index (κ1) is 39.9. The van der Waals surface area contributed by atoms with Crippen molar-refractivity contribution in [3.8, 4) is 0 Å². The summed E-state index contributed by atoms with van der Waals surface area (Å²) in [4.78, 5) is 12.3. The molecule has 0 unspecified atom stereocenters. The second-order valence-electron chi connectivity index (χ2n) is 12.3. The average molecular weight is 578 g/mol. The van der Waals surface area contributed by atoms with Gasteiger partial charge in [-0.3, -0.25) is 4.79 Å². The van der Waals surface area contributed by atoms with E-state index in [-0.39, 0.29) is 12.5 Å². The Balaban J connectivity index is 3.60. The summed E-state index contributed by atoms with van der Waals surface area (Å²) in [6.45, 7) is 4.31. The fourth-order valence-corrected chi connectivity index (χ4v) is 5.39. The van der Waals surface area contributed by atoms with Gasteiger partial charge in [0.25, 0.3) is 0 Å². The van der Waals surface area contributed by atoms with Gasteiger partial charge in [-0.25, -0.2) is 0 Å².